The molecule has 0 bridgehead atoms. The number of benzene rings is 2. The summed E-state index contributed by atoms with van der Waals surface area (Å²) in [7, 11) is 0. The summed E-state index contributed by atoms with van der Waals surface area (Å²) in [6.45, 7) is 3.42. The lowest BCUT2D eigenvalue weighted by Crippen LogP contribution is -2.44. The Morgan fingerprint density at radius 2 is 1.90 bits per heavy atom. The van der Waals surface area contributed by atoms with Crippen LogP contribution in [0, 0.1) is 6.92 Å². The summed E-state index contributed by atoms with van der Waals surface area (Å²) in [5, 5.41) is 12.7. The highest BCUT2D eigenvalue weighted by molar-refractivity contribution is 5.85. The molecule has 0 saturated carbocycles. The third kappa shape index (κ3) is 5.05. The van der Waals surface area contributed by atoms with Gasteiger partial charge in [-0.2, -0.15) is 0 Å². The van der Waals surface area contributed by atoms with E-state index >= 15 is 0 Å². The van der Waals surface area contributed by atoms with Crippen molar-refractivity contribution in [1.82, 2.24) is 5.32 Å². The number of rotatable bonds is 8. The molecule has 1 aromatic heterocycles. The number of fused-ring (bicyclic) bond motifs is 1. The van der Waals surface area contributed by atoms with E-state index in [1.54, 1.807) is 18.2 Å². The number of carbonyl (C=O) groups excluding carboxylic acids is 1. The molecule has 1 heterocycles. The van der Waals surface area contributed by atoms with Gasteiger partial charge in [-0.3, -0.25) is 4.79 Å². The maximum atomic E-state index is 12.3. The number of ether oxygens (including phenoxy) is 1. The number of aliphatic carboxylic acids is 1. The van der Waals surface area contributed by atoms with E-state index in [1.807, 2.05) is 38.1 Å². The summed E-state index contributed by atoms with van der Waals surface area (Å²) in [5.74, 6) is -1.25. The Hall–Kier alpha value is -3.61. The molecule has 0 spiro atoms. The van der Waals surface area contributed by atoms with Crippen molar-refractivity contribution >= 4 is 22.8 Å². The predicted molar refractivity (Wildman–Crippen MR) is 112 cm³/mol. The molecule has 0 radical (unpaired) electrons. The summed E-state index contributed by atoms with van der Waals surface area (Å²) < 4.78 is 10.9. The Morgan fingerprint density at radius 1 is 1.17 bits per heavy atom. The number of carboxylic acid groups (broad SMARTS) is 1. The summed E-state index contributed by atoms with van der Waals surface area (Å²) in [5.41, 5.74) is 2.37. The lowest BCUT2D eigenvalue weighted by molar-refractivity contribution is -0.142. The van der Waals surface area contributed by atoms with Gasteiger partial charge in [0.2, 0.25) is 0 Å². The minimum Gasteiger partial charge on any atom is -0.483 e. The standard InChI is InChI=1S/C23H23NO6/c1-3-16-11-17-14(2)9-22(26)30-20(17)12-19(16)29-13-21(25)24-18(23(27)28)10-15-7-5-4-6-8-15/h4-9,11-12,18H,3,10,13H2,1-2H3,(H,24,25)(H,27,28). The average molecular weight is 409 g/mol. The number of carboxylic acids is 1. The molecule has 2 aromatic carbocycles. The van der Waals surface area contributed by atoms with Crippen LogP contribution in [0.3, 0.4) is 0 Å². The van der Waals surface area contributed by atoms with Gasteiger partial charge in [-0.05, 0) is 36.1 Å². The van der Waals surface area contributed by atoms with Crippen molar-refractivity contribution in [3.63, 3.8) is 0 Å². The molecule has 0 saturated heterocycles. The molecular formula is C23H23NO6. The van der Waals surface area contributed by atoms with Crippen LogP contribution in [0.4, 0.5) is 0 Å². The van der Waals surface area contributed by atoms with Gasteiger partial charge in [0.1, 0.15) is 17.4 Å². The SMILES string of the molecule is CCc1cc2c(C)cc(=O)oc2cc1OCC(=O)NC(Cc1ccccc1)C(=O)O. The maximum Gasteiger partial charge on any atom is 0.336 e. The van der Waals surface area contributed by atoms with Gasteiger partial charge < -0.3 is 19.6 Å². The lowest BCUT2D eigenvalue weighted by atomic mass is 10.1. The fourth-order valence-corrected chi connectivity index (χ4v) is 3.23. The van der Waals surface area contributed by atoms with Gasteiger partial charge in [0, 0.05) is 23.9 Å². The summed E-state index contributed by atoms with van der Waals surface area (Å²) in [4.78, 5) is 35.5. The summed E-state index contributed by atoms with van der Waals surface area (Å²) in [6, 6.07) is 12.9. The van der Waals surface area contributed by atoms with E-state index in [2.05, 4.69) is 5.32 Å². The van der Waals surface area contributed by atoms with Crippen LogP contribution in [-0.2, 0) is 22.4 Å². The van der Waals surface area contributed by atoms with Crippen LogP contribution < -0.4 is 15.7 Å². The van der Waals surface area contributed by atoms with E-state index in [0.717, 1.165) is 22.1 Å². The minimum absolute atomic E-state index is 0.169. The molecule has 3 aromatic rings. The second-order valence-corrected chi connectivity index (χ2v) is 6.99. The first-order chi connectivity index (χ1) is 14.4. The van der Waals surface area contributed by atoms with E-state index in [9.17, 15) is 19.5 Å². The van der Waals surface area contributed by atoms with E-state index in [4.69, 9.17) is 9.15 Å². The fraction of sp³-hybridized carbons (Fsp3) is 0.261. The van der Waals surface area contributed by atoms with E-state index in [1.165, 1.54) is 6.07 Å². The molecule has 156 valence electrons. The van der Waals surface area contributed by atoms with Crippen LogP contribution in [0.2, 0.25) is 0 Å². The number of amides is 1. The topological polar surface area (TPSA) is 106 Å². The van der Waals surface area contributed by atoms with Crippen molar-refractivity contribution in [2.45, 2.75) is 32.7 Å². The Morgan fingerprint density at radius 3 is 2.57 bits per heavy atom. The zero-order valence-corrected chi connectivity index (χ0v) is 16.8. The van der Waals surface area contributed by atoms with Gasteiger partial charge in [-0.15, -0.1) is 0 Å². The van der Waals surface area contributed by atoms with Gasteiger partial charge in [0.25, 0.3) is 5.91 Å². The highest BCUT2D eigenvalue weighted by atomic mass is 16.5. The quantitative estimate of drug-likeness (QED) is 0.554. The number of hydrogen-bond donors (Lipinski definition) is 2. The van der Waals surface area contributed by atoms with Crippen LogP contribution in [0.15, 0.2) is 57.7 Å². The van der Waals surface area contributed by atoms with Crippen molar-refractivity contribution in [1.29, 1.82) is 0 Å². The molecular weight excluding hydrogens is 386 g/mol. The van der Waals surface area contributed by atoms with Crippen molar-refractivity contribution in [2.75, 3.05) is 6.61 Å². The van der Waals surface area contributed by atoms with Crippen molar-refractivity contribution in [3.05, 3.63) is 75.6 Å². The van der Waals surface area contributed by atoms with Crippen LogP contribution >= 0.6 is 0 Å². The van der Waals surface area contributed by atoms with E-state index < -0.39 is 23.5 Å². The van der Waals surface area contributed by atoms with Gasteiger partial charge in [-0.25, -0.2) is 9.59 Å². The second-order valence-electron chi connectivity index (χ2n) is 6.99. The van der Waals surface area contributed by atoms with E-state index in [-0.39, 0.29) is 13.0 Å². The Balaban J connectivity index is 1.72. The van der Waals surface area contributed by atoms with Crippen molar-refractivity contribution < 1.29 is 23.8 Å². The molecule has 30 heavy (non-hydrogen) atoms. The second kappa shape index (κ2) is 9.26. The summed E-state index contributed by atoms with van der Waals surface area (Å²) in [6.07, 6.45) is 0.819. The third-order valence-corrected chi connectivity index (χ3v) is 4.79. The molecule has 0 aliphatic heterocycles. The molecule has 7 nitrogen and oxygen atoms in total. The van der Waals surface area contributed by atoms with Crippen molar-refractivity contribution in [2.24, 2.45) is 0 Å². The molecule has 1 unspecified atom stereocenters. The highest BCUT2D eigenvalue weighted by Crippen LogP contribution is 2.27. The lowest BCUT2D eigenvalue weighted by Gasteiger charge is -2.16. The van der Waals surface area contributed by atoms with Gasteiger partial charge >= 0.3 is 11.6 Å². The third-order valence-electron chi connectivity index (χ3n) is 4.79. The number of carbonyl (C=O) groups is 2. The monoisotopic (exact) mass is 409 g/mol. The number of nitrogens with one attached hydrogen (secondary N) is 1. The van der Waals surface area contributed by atoms with Crippen molar-refractivity contribution in [3.8, 4) is 5.75 Å². The predicted octanol–water partition coefficient (Wildman–Crippen LogP) is 2.85. The fourth-order valence-electron chi connectivity index (χ4n) is 3.23. The molecule has 0 fully saturated rings. The zero-order valence-electron chi connectivity index (χ0n) is 16.8. The number of aryl methyl sites for hydroxylation is 2. The minimum atomic E-state index is -1.12. The number of hydrogen-bond acceptors (Lipinski definition) is 5. The van der Waals surface area contributed by atoms with Gasteiger partial charge in [0.15, 0.2) is 6.61 Å². The molecule has 0 aliphatic rings. The van der Waals surface area contributed by atoms with Crippen LogP contribution in [0.1, 0.15) is 23.6 Å². The first-order valence-electron chi connectivity index (χ1n) is 9.63. The maximum absolute atomic E-state index is 12.3. The zero-order chi connectivity index (χ0) is 21.7. The van der Waals surface area contributed by atoms with Crippen LogP contribution in [-0.4, -0.2) is 29.6 Å². The molecule has 1 atom stereocenters. The van der Waals surface area contributed by atoms with Gasteiger partial charge in [0.05, 0.1) is 0 Å². The van der Waals surface area contributed by atoms with Crippen LogP contribution in [0.25, 0.3) is 11.0 Å². The molecule has 2 N–H and O–H groups in total. The van der Waals surface area contributed by atoms with Crippen LogP contribution in [0.5, 0.6) is 5.75 Å². The van der Waals surface area contributed by atoms with E-state index in [0.29, 0.717) is 17.8 Å². The first kappa shape index (κ1) is 21.1. The molecule has 0 aliphatic carbocycles. The first-order valence-corrected chi connectivity index (χ1v) is 9.63. The van der Waals surface area contributed by atoms with Gasteiger partial charge in [-0.1, -0.05) is 37.3 Å². The Bertz CT molecular complexity index is 1120. The largest absolute Gasteiger partial charge is 0.483 e. The summed E-state index contributed by atoms with van der Waals surface area (Å²) >= 11 is 0. The molecule has 7 heteroatoms. The molecule has 1 amide bonds. The Kier molecular flexibility index (Phi) is 6.51. The smallest absolute Gasteiger partial charge is 0.336 e. The normalized spacial score (nSPS) is 11.8. The highest BCUT2D eigenvalue weighted by Gasteiger charge is 2.21. The Labute approximate surface area is 173 Å². The average Bonchev–Trinajstić information content (AvgIpc) is 2.71. The molecule has 3 rings (SSSR count).